The Hall–Kier alpha value is -4.61. The molecule has 1 N–H and O–H groups in total. The normalized spacial score (nSPS) is 10.7. The monoisotopic (exact) mass is 580 g/mol. The number of benzene rings is 3. The molecule has 0 aliphatic heterocycles. The fourth-order valence-corrected chi connectivity index (χ4v) is 4.75. The number of ether oxygens (including phenoxy) is 2. The van der Waals surface area contributed by atoms with Gasteiger partial charge in [0.1, 0.15) is 17.4 Å². The number of hydrogen-bond donors (Lipinski definition) is 1. The lowest BCUT2D eigenvalue weighted by Crippen LogP contribution is -2.07. The standard InChI is InChI=1S/C31H25BrN4O3/c1-4-38-31(37)29-20(3)36(23-11-7-21(32)8-12-23)28-14-13-24(17-25(28)29)39-30-26(18-33)27(15-16-34-30)35-22-9-5-19(2)6-10-22/h5-17H,4H2,1-3H3,(H,34,35). The Labute approximate surface area is 234 Å². The van der Waals surface area contributed by atoms with Crippen LogP contribution in [0.15, 0.2) is 83.5 Å². The number of rotatable bonds is 7. The molecule has 0 amide bonds. The van der Waals surface area contributed by atoms with Crippen molar-refractivity contribution >= 4 is 44.2 Å². The van der Waals surface area contributed by atoms with Crippen molar-refractivity contribution in [3.63, 3.8) is 0 Å². The van der Waals surface area contributed by atoms with Gasteiger partial charge in [-0.2, -0.15) is 5.26 Å². The van der Waals surface area contributed by atoms with Gasteiger partial charge in [0.15, 0.2) is 0 Å². The highest BCUT2D eigenvalue weighted by Gasteiger charge is 2.23. The van der Waals surface area contributed by atoms with Gasteiger partial charge in [0.25, 0.3) is 0 Å². The number of carbonyl (C=O) groups is 1. The van der Waals surface area contributed by atoms with E-state index in [2.05, 4.69) is 32.3 Å². The molecule has 0 saturated carbocycles. The molecule has 5 aromatic rings. The average molecular weight is 581 g/mol. The van der Waals surface area contributed by atoms with Crippen molar-refractivity contribution in [2.75, 3.05) is 11.9 Å². The van der Waals surface area contributed by atoms with E-state index in [0.717, 1.165) is 32.6 Å². The van der Waals surface area contributed by atoms with E-state index in [9.17, 15) is 10.1 Å². The SMILES string of the molecule is CCOC(=O)c1c(C)n(-c2ccc(Br)cc2)c2ccc(Oc3nccc(Nc4ccc(C)cc4)c3C#N)cc12. The summed E-state index contributed by atoms with van der Waals surface area (Å²) >= 11 is 3.48. The number of hydrogen-bond acceptors (Lipinski definition) is 6. The van der Waals surface area contributed by atoms with Gasteiger partial charge in [-0.15, -0.1) is 0 Å². The maximum atomic E-state index is 13.0. The first kappa shape index (κ1) is 26.0. The predicted molar refractivity (Wildman–Crippen MR) is 155 cm³/mol. The third kappa shape index (κ3) is 5.22. The molecule has 194 valence electrons. The number of pyridine rings is 1. The molecular formula is C31H25BrN4O3. The highest BCUT2D eigenvalue weighted by atomic mass is 79.9. The van der Waals surface area contributed by atoms with Gasteiger partial charge in [-0.05, 0) is 81.4 Å². The van der Waals surface area contributed by atoms with Crippen molar-refractivity contribution in [3.05, 3.63) is 106 Å². The molecule has 0 aliphatic rings. The molecule has 0 unspecified atom stereocenters. The van der Waals surface area contributed by atoms with Crippen molar-refractivity contribution in [2.45, 2.75) is 20.8 Å². The van der Waals surface area contributed by atoms with Crippen LogP contribution in [0.1, 0.15) is 34.1 Å². The van der Waals surface area contributed by atoms with Gasteiger partial charge < -0.3 is 19.4 Å². The molecule has 2 aromatic heterocycles. The van der Waals surface area contributed by atoms with Crippen LogP contribution in [0.4, 0.5) is 11.4 Å². The first-order chi connectivity index (χ1) is 18.9. The zero-order chi connectivity index (χ0) is 27.5. The van der Waals surface area contributed by atoms with Crippen LogP contribution < -0.4 is 10.1 Å². The van der Waals surface area contributed by atoms with Crippen molar-refractivity contribution in [1.82, 2.24) is 9.55 Å². The average Bonchev–Trinajstić information content (AvgIpc) is 3.22. The summed E-state index contributed by atoms with van der Waals surface area (Å²) in [6.07, 6.45) is 1.59. The van der Waals surface area contributed by atoms with E-state index in [4.69, 9.17) is 9.47 Å². The van der Waals surface area contributed by atoms with Crippen LogP contribution in [-0.2, 0) is 4.74 Å². The van der Waals surface area contributed by atoms with Gasteiger partial charge in [0.2, 0.25) is 5.88 Å². The number of anilines is 2. The Bertz CT molecular complexity index is 1720. The molecule has 0 saturated heterocycles. The summed E-state index contributed by atoms with van der Waals surface area (Å²) in [7, 11) is 0. The fraction of sp³-hybridized carbons (Fsp3) is 0.129. The quantitative estimate of drug-likeness (QED) is 0.196. The van der Waals surface area contributed by atoms with Crippen LogP contribution in [-0.4, -0.2) is 22.1 Å². The predicted octanol–water partition coefficient (Wildman–Crippen LogP) is 7.99. The number of nitrogens with zero attached hydrogens (tertiary/aromatic N) is 3. The zero-order valence-electron chi connectivity index (χ0n) is 21.7. The second-order valence-corrected chi connectivity index (χ2v) is 9.83. The molecule has 0 spiro atoms. The number of aromatic nitrogens is 2. The van der Waals surface area contributed by atoms with Crippen molar-refractivity contribution in [2.24, 2.45) is 0 Å². The van der Waals surface area contributed by atoms with Crippen LogP contribution in [0, 0.1) is 25.2 Å². The number of aryl methyl sites for hydroxylation is 1. The molecule has 0 fully saturated rings. The van der Waals surface area contributed by atoms with E-state index in [1.165, 1.54) is 0 Å². The second-order valence-electron chi connectivity index (χ2n) is 8.92. The van der Waals surface area contributed by atoms with Crippen molar-refractivity contribution in [1.29, 1.82) is 5.26 Å². The van der Waals surface area contributed by atoms with Crippen LogP contribution in [0.3, 0.4) is 0 Å². The maximum absolute atomic E-state index is 13.0. The molecule has 8 heteroatoms. The molecule has 2 heterocycles. The number of nitrogens with one attached hydrogen (secondary N) is 1. The molecule has 3 aromatic carbocycles. The third-order valence-electron chi connectivity index (χ3n) is 6.31. The van der Waals surface area contributed by atoms with Crippen LogP contribution in [0.2, 0.25) is 0 Å². The molecule has 0 radical (unpaired) electrons. The van der Waals surface area contributed by atoms with Crippen molar-refractivity contribution in [3.8, 4) is 23.4 Å². The third-order valence-corrected chi connectivity index (χ3v) is 6.84. The van der Waals surface area contributed by atoms with Crippen LogP contribution in [0.5, 0.6) is 11.6 Å². The lowest BCUT2D eigenvalue weighted by molar-refractivity contribution is 0.0527. The molecule has 7 nitrogen and oxygen atoms in total. The summed E-state index contributed by atoms with van der Waals surface area (Å²) in [6.45, 7) is 5.95. The number of fused-ring (bicyclic) bond motifs is 1. The van der Waals surface area contributed by atoms with E-state index in [1.807, 2.05) is 73.0 Å². The molecule has 5 rings (SSSR count). The summed E-state index contributed by atoms with van der Waals surface area (Å²) in [6, 6.07) is 25.2. The highest BCUT2D eigenvalue weighted by molar-refractivity contribution is 9.10. The highest BCUT2D eigenvalue weighted by Crippen LogP contribution is 2.35. The topological polar surface area (TPSA) is 89.2 Å². The van der Waals surface area contributed by atoms with Gasteiger partial charge in [-0.3, -0.25) is 0 Å². The minimum absolute atomic E-state index is 0.163. The van der Waals surface area contributed by atoms with E-state index in [1.54, 1.807) is 31.3 Å². The second kappa shape index (κ2) is 11.0. The molecule has 0 aliphatic carbocycles. The number of carbonyl (C=O) groups excluding carboxylic acids is 1. The van der Waals surface area contributed by atoms with E-state index < -0.39 is 5.97 Å². The summed E-state index contributed by atoms with van der Waals surface area (Å²) in [4.78, 5) is 17.4. The maximum Gasteiger partial charge on any atom is 0.340 e. The Morgan fingerprint density at radius 2 is 1.79 bits per heavy atom. The van der Waals surface area contributed by atoms with Crippen LogP contribution in [0.25, 0.3) is 16.6 Å². The largest absolute Gasteiger partial charge is 0.462 e. The zero-order valence-corrected chi connectivity index (χ0v) is 23.2. The lowest BCUT2D eigenvalue weighted by Gasteiger charge is -2.12. The van der Waals surface area contributed by atoms with Gasteiger partial charge in [0.05, 0.1) is 23.4 Å². The number of halogens is 1. The van der Waals surface area contributed by atoms with Gasteiger partial charge in [-0.25, -0.2) is 9.78 Å². The minimum atomic E-state index is -0.409. The van der Waals surface area contributed by atoms with Crippen LogP contribution >= 0.6 is 15.9 Å². The lowest BCUT2D eigenvalue weighted by atomic mass is 10.1. The molecule has 0 atom stereocenters. The van der Waals surface area contributed by atoms with Gasteiger partial charge in [-0.1, -0.05) is 33.6 Å². The molecule has 39 heavy (non-hydrogen) atoms. The van der Waals surface area contributed by atoms with E-state index >= 15 is 0 Å². The first-order valence-electron chi connectivity index (χ1n) is 12.4. The molecule has 0 bridgehead atoms. The minimum Gasteiger partial charge on any atom is -0.462 e. The molecular weight excluding hydrogens is 556 g/mol. The van der Waals surface area contributed by atoms with Gasteiger partial charge in [0, 0.05) is 33.1 Å². The van der Waals surface area contributed by atoms with E-state index in [-0.39, 0.29) is 18.1 Å². The number of esters is 1. The smallest absolute Gasteiger partial charge is 0.340 e. The summed E-state index contributed by atoms with van der Waals surface area (Å²) in [5.74, 6) is 0.196. The Morgan fingerprint density at radius 1 is 1.05 bits per heavy atom. The Balaban J connectivity index is 1.57. The summed E-state index contributed by atoms with van der Waals surface area (Å²) in [5, 5.41) is 13.9. The van der Waals surface area contributed by atoms with Crippen molar-refractivity contribution < 1.29 is 14.3 Å². The summed E-state index contributed by atoms with van der Waals surface area (Å²) < 4.78 is 14.5. The summed E-state index contributed by atoms with van der Waals surface area (Å²) in [5.41, 5.74) is 5.79. The fourth-order valence-electron chi connectivity index (χ4n) is 4.48. The number of nitriles is 1. The Morgan fingerprint density at radius 3 is 2.49 bits per heavy atom. The van der Waals surface area contributed by atoms with E-state index in [0.29, 0.717) is 22.4 Å². The van der Waals surface area contributed by atoms with Gasteiger partial charge >= 0.3 is 5.97 Å². The Kier molecular flexibility index (Phi) is 7.35. The first-order valence-corrected chi connectivity index (χ1v) is 13.2.